The molecule has 0 radical (unpaired) electrons. The SMILES string of the molecule is CC1C(=O)N(CCC(NC(=O)OCc2ccccc2)C(=O)OCc2ccccc2)C(=O)N1c1ccc(CN)cc1. The highest BCUT2D eigenvalue weighted by Crippen LogP contribution is 2.26. The maximum absolute atomic E-state index is 13.2. The van der Waals surface area contributed by atoms with Gasteiger partial charge in [-0.25, -0.2) is 14.4 Å². The Balaban J connectivity index is 1.42. The normalized spacial score (nSPS) is 15.6. The van der Waals surface area contributed by atoms with Crippen LogP contribution >= 0.6 is 0 Å². The summed E-state index contributed by atoms with van der Waals surface area (Å²) >= 11 is 0. The maximum atomic E-state index is 13.2. The molecule has 1 aliphatic heterocycles. The number of esters is 1. The Morgan fingerprint density at radius 3 is 2.00 bits per heavy atom. The molecule has 40 heavy (non-hydrogen) atoms. The number of alkyl carbamates (subject to hydrolysis) is 1. The van der Waals surface area contributed by atoms with Crippen molar-refractivity contribution in [2.45, 2.75) is 45.2 Å². The number of ether oxygens (including phenoxy) is 2. The lowest BCUT2D eigenvalue weighted by molar-refractivity contribution is -0.148. The largest absolute Gasteiger partial charge is 0.459 e. The number of amides is 4. The fraction of sp³-hybridized carbons (Fsp3) is 0.267. The molecule has 0 spiro atoms. The topological polar surface area (TPSA) is 131 Å². The third kappa shape index (κ3) is 7.03. The third-order valence-electron chi connectivity index (χ3n) is 6.55. The smallest absolute Gasteiger partial charge is 0.408 e. The van der Waals surface area contributed by atoms with Gasteiger partial charge in [0.2, 0.25) is 0 Å². The molecule has 10 heteroatoms. The molecular weight excluding hydrogens is 512 g/mol. The maximum Gasteiger partial charge on any atom is 0.408 e. The minimum Gasteiger partial charge on any atom is -0.459 e. The second-order valence-corrected chi connectivity index (χ2v) is 9.33. The van der Waals surface area contributed by atoms with E-state index in [0.29, 0.717) is 12.2 Å². The lowest BCUT2D eigenvalue weighted by Crippen LogP contribution is -2.45. The number of urea groups is 1. The van der Waals surface area contributed by atoms with E-state index in [-0.39, 0.29) is 26.2 Å². The van der Waals surface area contributed by atoms with E-state index in [1.165, 1.54) is 4.90 Å². The quantitative estimate of drug-likeness (QED) is 0.278. The molecule has 1 fully saturated rings. The van der Waals surface area contributed by atoms with Gasteiger partial charge in [0.05, 0.1) is 0 Å². The molecule has 1 heterocycles. The number of nitrogens with zero attached hydrogens (tertiary/aromatic N) is 2. The molecule has 10 nitrogen and oxygen atoms in total. The van der Waals surface area contributed by atoms with Crippen LogP contribution in [0.1, 0.15) is 30.0 Å². The van der Waals surface area contributed by atoms with Gasteiger partial charge in [-0.05, 0) is 42.2 Å². The van der Waals surface area contributed by atoms with Crippen molar-refractivity contribution in [2.24, 2.45) is 5.73 Å². The van der Waals surface area contributed by atoms with Gasteiger partial charge in [-0.2, -0.15) is 0 Å². The van der Waals surface area contributed by atoms with Crippen LogP contribution in [0.15, 0.2) is 84.9 Å². The van der Waals surface area contributed by atoms with Crippen molar-refractivity contribution in [3.8, 4) is 0 Å². The summed E-state index contributed by atoms with van der Waals surface area (Å²) in [5.74, 6) is -1.11. The number of hydrogen-bond acceptors (Lipinski definition) is 7. The number of rotatable bonds is 11. The van der Waals surface area contributed by atoms with E-state index in [9.17, 15) is 19.2 Å². The van der Waals surface area contributed by atoms with Crippen LogP contribution in [-0.2, 0) is 38.8 Å². The summed E-state index contributed by atoms with van der Waals surface area (Å²) in [5.41, 5.74) is 8.68. The average Bonchev–Trinajstić information content (AvgIpc) is 3.20. The highest BCUT2D eigenvalue weighted by molar-refractivity contribution is 6.14. The van der Waals surface area contributed by atoms with Gasteiger partial charge in [-0.1, -0.05) is 72.8 Å². The van der Waals surface area contributed by atoms with Gasteiger partial charge < -0.3 is 20.5 Å². The number of nitrogens with one attached hydrogen (secondary N) is 1. The summed E-state index contributed by atoms with van der Waals surface area (Å²) < 4.78 is 10.7. The molecule has 4 amide bonds. The molecule has 2 unspecified atom stereocenters. The molecule has 3 aromatic carbocycles. The van der Waals surface area contributed by atoms with Gasteiger partial charge >= 0.3 is 18.1 Å². The number of carbonyl (C=O) groups excluding carboxylic acids is 4. The number of nitrogens with two attached hydrogens (primary N) is 1. The van der Waals surface area contributed by atoms with Gasteiger partial charge in [0.15, 0.2) is 0 Å². The predicted octanol–water partition coefficient (Wildman–Crippen LogP) is 3.73. The van der Waals surface area contributed by atoms with E-state index in [1.54, 1.807) is 55.5 Å². The first-order chi connectivity index (χ1) is 19.4. The van der Waals surface area contributed by atoms with Crippen LogP contribution in [0.5, 0.6) is 0 Å². The number of benzene rings is 3. The van der Waals surface area contributed by atoms with E-state index < -0.39 is 36.1 Å². The second kappa shape index (κ2) is 13.4. The van der Waals surface area contributed by atoms with Crippen LogP contribution in [0.4, 0.5) is 15.3 Å². The van der Waals surface area contributed by atoms with Crippen LogP contribution in [0, 0.1) is 0 Å². The Hall–Kier alpha value is -4.70. The lowest BCUT2D eigenvalue weighted by Gasteiger charge is -2.21. The van der Waals surface area contributed by atoms with Crippen molar-refractivity contribution in [1.82, 2.24) is 10.2 Å². The molecule has 2 atom stereocenters. The molecule has 4 rings (SSSR count). The Kier molecular flexibility index (Phi) is 9.48. The molecule has 208 valence electrons. The molecule has 0 aliphatic carbocycles. The minimum atomic E-state index is -1.15. The fourth-order valence-corrected chi connectivity index (χ4v) is 4.30. The zero-order chi connectivity index (χ0) is 28.5. The molecule has 1 saturated heterocycles. The van der Waals surface area contributed by atoms with Crippen LogP contribution in [0.25, 0.3) is 0 Å². The number of imide groups is 1. The first-order valence-corrected chi connectivity index (χ1v) is 13.0. The summed E-state index contributed by atoms with van der Waals surface area (Å²) in [4.78, 5) is 54.3. The van der Waals surface area contributed by atoms with E-state index in [2.05, 4.69) is 5.32 Å². The highest BCUT2D eigenvalue weighted by Gasteiger charge is 2.43. The first kappa shape index (κ1) is 28.3. The average molecular weight is 545 g/mol. The second-order valence-electron chi connectivity index (χ2n) is 9.33. The zero-order valence-corrected chi connectivity index (χ0v) is 22.2. The zero-order valence-electron chi connectivity index (χ0n) is 22.2. The Morgan fingerprint density at radius 2 is 1.43 bits per heavy atom. The van der Waals surface area contributed by atoms with Gasteiger partial charge in [0, 0.05) is 18.8 Å². The summed E-state index contributed by atoms with van der Waals surface area (Å²) in [6.07, 6.45) is -0.877. The Morgan fingerprint density at radius 1 is 0.850 bits per heavy atom. The minimum absolute atomic E-state index is 0.00208. The van der Waals surface area contributed by atoms with Crippen molar-refractivity contribution in [3.63, 3.8) is 0 Å². The van der Waals surface area contributed by atoms with Gasteiger partial charge in [0.25, 0.3) is 5.91 Å². The molecular formula is C30H32N4O6. The van der Waals surface area contributed by atoms with Gasteiger partial charge in [0.1, 0.15) is 25.3 Å². The standard InChI is InChI=1S/C30H32N4O6/c1-21-27(35)33(30(38)34(21)25-14-12-22(18-31)13-15-25)17-16-26(28(36)39-19-23-8-4-2-5-9-23)32-29(37)40-20-24-10-6-3-7-11-24/h2-15,21,26H,16-20,31H2,1H3,(H,32,37). The van der Waals surface area contributed by atoms with Crippen molar-refractivity contribution >= 4 is 29.7 Å². The Labute approximate surface area is 232 Å². The molecule has 0 saturated carbocycles. The van der Waals surface area contributed by atoms with Crippen molar-refractivity contribution in [1.29, 1.82) is 0 Å². The summed E-state index contributed by atoms with van der Waals surface area (Å²) in [5, 5.41) is 2.53. The Bertz CT molecular complexity index is 1320. The lowest BCUT2D eigenvalue weighted by atomic mass is 10.2. The molecule has 0 bridgehead atoms. The summed E-state index contributed by atoms with van der Waals surface area (Å²) in [6.45, 7) is 1.90. The van der Waals surface area contributed by atoms with Crippen LogP contribution in [-0.4, -0.2) is 47.5 Å². The number of anilines is 1. The number of carbonyl (C=O) groups is 4. The van der Waals surface area contributed by atoms with Gasteiger partial charge in [-0.15, -0.1) is 0 Å². The molecule has 1 aliphatic rings. The monoisotopic (exact) mass is 544 g/mol. The van der Waals surface area contributed by atoms with Crippen molar-refractivity contribution < 1.29 is 28.7 Å². The van der Waals surface area contributed by atoms with E-state index in [4.69, 9.17) is 15.2 Å². The number of hydrogen-bond donors (Lipinski definition) is 2. The van der Waals surface area contributed by atoms with Crippen LogP contribution < -0.4 is 16.0 Å². The van der Waals surface area contributed by atoms with E-state index in [0.717, 1.165) is 21.6 Å². The van der Waals surface area contributed by atoms with Crippen LogP contribution in [0.2, 0.25) is 0 Å². The fourth-order valence-electron chi connectivity index (χ4n) is 4.30. The molecule has 3 N–H and O–H groups in total. The molecule has 0 aromatic heterocycles. The highest BCUT2D eigenvalue weighted by atomic mass is 16.6. The van der Waals surface area contributed by atoms with E-state index >= 15 is 0 Å². The summed E-state index contributed by atoms with van der Waals surface area (Å²) in [7, 11) is 0. The third-order valence-corrected chi connectivity index (χ3v) is 6.55. The van der Waals surface area contributed by atoms with Crippen molar-refractivity contribution in [3.05, 3.63) is 102 Å². The predicted molar refractivity (Wildman–Crippen MR) is 148 cm³/mol. The molecule has 3 aromatic rings. The van der Waals surface area contributed by atoms with Crippen LogP contribution in [0.3, 0.4) is 0 Å². The van der Waals surface area contributed by atoms with Gasteiger partial charge in [-0.3, -0.25) is 14.6 Å². The first-order valence-electron chi connectivity index (χ1n) is 13.0. The summed E-state index contributed by atoms with van der Waals surface area (Å²) in [6, 6.07) is 22.9. The van der Waals surface area contributed by atoms with Crippen molar-refractivity contribution in [2.75, 3.05) is 11.4 Å². The van der Waals surface area contributed by atoms with E-state index in [1.807, 2.05) is 36.4 Å².